The van der Waals surface area contributed by atoms with Gasteiger partial charge in [-0.3, -0.25) is 19.5 Å². The van der Waals surface area contributed by atoms with Crippen molar-refractivity contribution in [3.63, 3.8) is 0 Å². The number of thiazole rings is 1. The topological polar surface area (TPSA) is 113 Å². The number of fused-ring (bicyclic) bond motifs is 1. The first kappa shape index (κ1) is 33.7. The summed E-state index contributed by atoms with van der Waals surface area (Å²) in [7, 11) is 0. The summed E-state index contributed by atoms with van der Waals surface area (Å²) in [6, 6.07) is 24.0. The number of rotatable bonds is 9. The van der Waals surface area contributed by atoms with Crippen molar-refractivity contribution >= 4 is 79.9 Å². The van der Waals surface area contributed by atoms with Crippen LogP contribution >= 0.6 is 56.5 Å². The molecule has 9 nitrogen and oxygen atoms in total. The minimum Gasteiger partial charge on any atom is -0.487 e. The number of esters is 1. The summed E-state index contributed by atoms with van der Waals surface area (Å²) in [5.41, 5.74) is 2.98. The maximum absolute atomic E-state index is 14.2. The summed E-state index contributed by atoms with van der Waals surface area (Å²) in [6.45, 7) is 2.05. The molecule has 48 heavy (non-hydrogen) atoms. The van der Waals surface area contributed by atoms with Crippen LogP contribution in [0.3, 0.4) is 0 Å². The third-order valence-electron chi connectivity index (χ3n) is 7.41. The molecule has 0 spiro atoms. The normalized spacial score (nSPS) is 14.3. The largest absolute Gasteiger partial charge is 0.487 e. The second-order valence-corrected chi connectivity index (χ2v) is 13.8. The van der Waals surface area contributed by atoms with E-state index < -0.39 is 22.8 Å². The summed E-state index contributed by atoms with van der Waals surface area (Å²) < 4.78 is 29.1. The van der Waals surface area contributed by atoms with Crippen molar-refractivity contribution in [3.05, 3.63) is 162 Å². The van der Waals surface area contributed by atoms with E-state index in [1.54, 1.807) is 37.3 Å². The van der Waals surface area contributed by atoms with Crippen LogP contribution in [0.25, 0.3) is 11.8 Å². The van der Waals surface area contributed by atoms with Crippen LogP contribution in [0.4, 0.5) is 10.1 Å². The fourth-order valence-electron chi connectivity index (χ4n) is 5.22. The van der Waals surface area contributed by atoms with Gasteiger partial charge in [0.2, 0.25) is 0 Å². The number of carbonyl (C=O) groups excluding carboxylic acids is 1. The first-order valence-corrected chi connectivity index (χ1v) is 17.5. The standard InChI is InChI=1S/C35H24FI2N3O6S/c1-2-46-34(43)29-30(22-6-4-3-5-7-22)39-35-40(31(29)23-10-12-24(36)13-11-23)33(42)28(48-35)18-21-16-26(37)32(27(38)17-21)47-19-20-8-14-25(15-9-20)41(44)45/h3-18,31H,2,19H2,1H3/b28-18-/t31-/m0/s1. The maximum atomic E-state index is 14.2. The molecule has 0 N–H and O–H groups in total. The van der Waals surface area contributed by atoms with Crippen LogP contribution in [0.5, 0.6) is 5.75 Å². The Kier molecular flexibility index (Phi) is 10.2. The molecule has 2 heterocycles. The molecule has 0 unspecified atom stereocenters. The molecule has 0 amide bonds. The van der Waals surface area contributed by atoms with Crippen LogP contribution < -0.4 is 19.6 Å². The zero-order chi connectivity index (χ0) is 33.9. The molecule has 0 saturated heterocycles. The van der Waals surface area contributed by atoms with Gasteiger partial charge >= 0.3 is 5.97 Å². The lowest BCUT2D eigenvalue weighted by molar-refractivity contribution is -0.384. The quantitative estimate of drug-likeness (QED) is 0.0700. The predicted molar refractivity (Wildman–Crippen MR) is 197 cm³/mol. The summed E-state index contributed by atoms with van der Waals surface area (Å²) in [5.74, 6) is -0.409. The molecule has 0 radical (unpaired) electrons. The van der Waals surface area contributed by atoms with Crippen LogP contribution in [0.1, 0.15) is 35.2 Å². The zero-order valence-electron chi connectivity index (χ0n) is 25.1. The van der Waals surface area contributed by atoms with Crippen LogP contribution in [0.2, 0.25) is 0 Å². The fraction of sp³-hybridized carbons (Fsp3) is 0.114. The highest BCUT2D eigenvalue weighted by molar-refractivity contribution is 14.1. The number of nitro groups is 1. The van der Waals surface area contributed by atoms with E-state index in [2.05, 4.69) is 45.2 Å². The smallest absolute Gasteiger partial charge is 0.338 e. The summed E-state index contributed by atoms with van der Waals surface area (Å²) in [4.78, 5) is 43.5. The lowest BCUT2D eigenvalue weighted by atomic mass is 9.93. The highest BCUT2D eigenvalue weighted by atomic mass is 127. The molecule has 0 bridgehead atoms. The van der Waals surface area contributed by atoms with Crippen molar-refractivity contribution in [1.82, 2.24) is 4.57 Å². The Morgan fingerprint density at radius 2 is 1.71 bits per heavy atom. The molecule has 13 heteroatoms. The van der Waals surface area contributed by atoms with E-state index in [9.17, 15) is 24.1 Å². The third-order valence-corrected chi connectivity index (χ3v) is 9.99. The van der Waals surface area contributed by atoms with E-state index >= 15 is 0 Å². The number of nitrogens with zero attached hydrogens (tertiary/aromatic N) is 3. The molecule has 6 rings (SSSR count). The average molecular weight is 887 g/mol. The maximum Gasteiger partial charge on any atom is 0.338 e. The van der Waals surface area contributed by atoms with Gasteiger partial charge in [0.1, 0.15) is 18.2 Å². The van der Waals surface area contributed by atoms with Gasteiger partial charge < -0.3 is 9.47 Å². The number of nitro benzene ring substituents is 1. The Bertz CT molecular complexity index is 2230. The van der Waals surface area contributed by atoms with Gasteiger partial charge in [-0.05, 0) is 111 Å². The van der Waals surface area contributed by atoms with Crippen molar-refractivity contribution < 1.29 is 23.6 Å². The molecule has 4 aromatic carbocycles. The Hall–Kier alpha value is -4.22. The zero-order valence-corrected chi connectivity index (χ0v) is 30.2. The van der Waals surface area contributed by atoms with Gasteiger partial charge in [-0.25, -0.2) is 14.2 Å². The summed E-state index contributed by atoms with van der Waals surface area (Å²) in [5, 5.41) is 11.0. The van der Waals surface area contributed by atoms with E-state index in [0.29, 0.717) is 31.9 Å². The average Bonchev–Trinajstić information content (AvgIpc) is 3.38. The van der Waals surface area contributed by atoms with Gasteiger partial charge in [0, 0.05) is 17.7 Å². The SMILES string of the molecule is CCOC(=O)C1=C(c2ccccc2)N=c2s/c(=C\c3cc(I)c(OCc4ccc([N+](=O)[O-])cc4)c(I)c3)c(=O)n2[C@H]1c1ccc(F)cc1. The molecule has 1 aliphatic rings. The number of ether oxygens (including phenoxy) is 2. The lowest BCUT2D eigenvalue weighted by Crippen LogP contribution is -2.40. The summed E-state index contributed by atoms with van der Waals surface area (Å²) >= 11 is 5.54. The van der Waals surface area contributed by atoms with E-state index in [4.69, 9.17) is 14.5 Å². The van der Waals surface area contributed by atoms with Crippen molar-refractivity contribution in [2.45, 2.75) is 19.6 Å². The fourth-order valence-corrected chi connectivity index (χ4v) is 8.35. The molecular formula is C35H24FI2N3O6S. The minimum absolute atomic E-state index is 0.00920. The van der Waals surface area contributed by atoms with Crippen LogP contribution in [-0.2, 0) is 16.1 Å². The van der Waals surface area contributed by atoms with Crippen LogP contribution in [0, 0.1) is 23.1 Å². The van der Waals surface area contributed by atoms with E-state index in [0.717, 1.165) is 18.3 Å². The highest BCUT2D eigenvalue weighted by Gasteiger charge is 2.35. The number of benzene rings is 4. The number of aromatic nitrogens is 1. The molecule has 5 aromatic rings. The first-order valence-electron chi connectivity index (χ1n) is 14.5. The van der Waals surface area contributed by atoms with E-state index in [1.807, 2.05) is 42.5 Å². The third kappa shape index (κ3) is 6.98. The molecule has 0 fully saturated rings. The number of hydrogen-bond donors (Lipinski definition) is 0. The Balaban J connectivity index is 1.43. The lowest BCUT2D eigenvalue weighted by Gasteiger charge is -2.25. The Labute approximate surface area is 304 Å². The highest BCUT2D eigenvalue weighted by Crippen LogP contribution is 2.35. The van der Waals surface area contributed by atoms with Crippen molar-refractivity contribution in [2.24, 2.45) is 4.99 Å². The number of hydrogen-bond acceptors (Lipinski definition) is 8. The number of halogens is 3. The molecule has 0 saturated carbocycles. The Morgan fingerprint density at radius 3 is 2.33 bits per heavy atom. The van der Waals surface area contributed by atoms with E-state index in [1.165, 1.54) is 40.2 Å². The second-order valence-electron chi connectivity index (χ2n) is 10.5. The van der Waals surface area contributed by atoms with Gasteiger partial charge in [0.25, 0.3) is 11.2 Å². The monoisotopic (exact) mass is 887 g/mol. The van der Waals surface area contributed by atoms with Gasteiger partial charge in [-0.15, -0.1) is 0 Å². The van der Waals surface area contributed by atoms with Crippen LogP contribution in [-0.4, -0.2) is 22.1 Å². The molecule has 0 aliphatic carbocycles. The van der Waals surface area contributed by atoms with Crippen molar-refractivity contribution in [1.29, 1.82) is 0 Å². The molecule has 1 atom stereocenters. The van der Waals surface area contributed by atoms with Gasteiger partial charge in [0.15, 0.2) is 4.80 Å². The van der Waals surface area contributed by atoms with Gasteiger partial charge in [-0.2, -0.15) is 0 Å². The number of non-ortho nitro benzene ring substituents is 1. The van der Waals surface area contributed by atoms with E-state index in [-0.39, 0.29) is 30.0 Å². The second kappa shape index (κ2) is 14.5. The van der Waals surface area contributed by atoms with Crippen molar-refractivity contribution in [2.75, 3.05) is 6.61 Å². The van der Waals surface area contributed by atoms with Crippen molar-refractivity contribution in [3.8, 4) is 5.75 Å². The number of carbonyl (C=O) groups is 1. The molecule has 1 aliphatic heterocycles. The Morgan fingerprint density at radius 1 is 1.04 bits per heavy atom. The molecule has 1 aromatic heterocycles. The van der Waals surface area contributed by atoms with Gasteiger partial charge in [-0.1, -0.05) is 53.8 Å². The summed E-state index contributed by atoms with van der Waals surface area (Å²) in [6.07, 6.45) is 1.77. The van der Waals surface area contributed by atoms with Crippen LogP contribution in [0.15, 0.2) is 106 Å². The van der Waals surface area contributed by atoms with Gasteiger partial charge in [0.05, 0.1) is 40.5 Å². The molecule has 242 valence electrons. The minimum atomic E-state index is -0.909. The molecular weight excluding hydrogens is 863 g/mol. The first-order chi connectivity index (χ1) is 23.1. The predicted octanol–water partition coefficient (Wildman–Crippen LogP) is 6.77.